The number of aromatic nitrogens is 1. The molecule has 0 radical (unpaired) electrons. The summed E-state index contributed by atoms with van der Waals surface area (Å²) >= 11 is 2.26. The number of hydrogen-bond donors (Lipinski definition) is 1. The maximum Gasteiger partial charge on any atom is 0.222 e. The molecule has 0 saturated heterocycles. The van der Waals surface area contributed by atoms with Crippen molar-refractivity contribution in [3.63, 3.8) is 0 Å². The lowest BCUT2D eigenvalue weighted by molar-refractivity contribution is 0.458. The van der Waals surface area contributed by atoms with E-state index in [2.05, 4.69) is 39.0 Å². The van der Waals surface area contributed by atoms with Crippen molar-refractivity contribution in [2.24, 2.45) is 0 Å². The zero-order valence-corrected chi connectivity index (χ0v) is 12.6. The Balaban J connectivity index is 2.19. The molecule has 3 nitrogen and oxygen atoms in total. The highest BCUT2D eigenvalue weighted by atomic mass is 127. The SMILES string of the molecule is CNCc1cnc(Oc2cccc(I)c2)c(C)c1. The molecule has 1 aromatic heterocycles. The van der Waals surface area contributed by atoms with Crippen molar-refractivity contribution < 1.29 is 4.74 Å². The molecule has 4 heteroatoms. The second kappa shape index (κ2) is 6.15. The van der Waals surface area contributed by atoms with Crippen molar-refractivity contribution in [2.75, 3.05) is 7.05 Å². The van der Waals surface area contributed by atoms with Crippen LogP contribution in [0.5, 0.6) is 11.6 Å². The van der Waals surface area contributed by atoms with Gasteiger partial charge in [0.05, 0.1) is 0 Å². The summed E-state index contributed by atoms with van der Waals surface area (Å²) in [5.41, 5.74) is 2.20. The first-order chi connectivity index (χ1) is 8.69. The fourth-order valence-electron chi connectivity index (χ4n) is 1.67. The molecule has 1 heterocycles. The number of hydrogen-bond acceptors (Lipinski definition) is 3. The Labute approximate surface area is 121 Å². The zero-order chi connectivity index (χ0) is 13.0. The molecule has 1 aromatic carbocycles. The van der Waals surface area contributed by atoms with Gasteiger partial charge >= 0.3 is 0 Å². The number of nitrogens with zero attached hydrogens (tertiary/aromatic N) is 1. The van der Waals surface area contributed by atoms with Gasteiger partial charge in [-0.3, -0.25) is 0 Å². The van der Waals surface area contributed by atoms with Gasteiger partial charge in [-0.1, -0.05) is 6.07 Å². The van der Waals surface area contributed by atoms with Crippen LogP contribution in [0.1, 0.15) is 11.1 Å². The van der Waals surface area contributed by atoms with Crippen LogP contribution in [0, 0.1) is 10.5 Å². The molecule has 2 rings (SSSR count). The predicted molar refractivity (Wildman–Crippen MR) is 81.0 cm³/mol. The summed E-state index contributed by atoms with van der Waals surface area (Å²) in [6, 6.07) is 10.0. The maximum absolute atomic E-state index is 5.79. The molecule has 0 amide bonds. The highest BCUT2D eigenvalue weighted by Crippen LogP contribution is 2.24. The molecule has 0 spiro atoms. The predicted octanol–water partition coefficient (Wildman–Crippen LogP) is 3.51. The van der Waals surface area contributed by atoms with Crippen LogP contribution >= 0.6 is 22.6 Å². The second-order valence-corrected chi connectivity index (χ2v) is 5.30. The molecule has 1 N–H and O–H groups in total. The number of benzene rings is 1. The van der Waals surface area contributed by atoms with Crippen LogP contribution in [0.25, 0.3) is 0 Å². The molecule has 0 aliphatic heterocycles. The molecule has 94 valence electrons. The second-order valence-electron chi connectivity index (χ2n) is 4.06. The van der Waals surface area contributed by atoms with Crippen molar-refractivity contribution >= 4 is 22.6 Å². The van der Waals surface area contributed by atoms with Gasteiger partial charge in [0.15, 0.2) is 0 Å². The van der Waals surface area contributed by atoms with Crippen LogP contribution in [0.15, 0.2) is 36.5 Å². The van der Waals surface area contributed by atoms with Crippen molar-refractivity contribution in [3.05, 3.63) is 51.2 Å². The van der Waals surface area contributed by atoms with Crippen molar-refractivity contribution in [3.8, 4) is 11.6 Å². The lowest BCUT2D eigenvalue weighted by atomic mass is 10.2. The van der Waals surface area contributed by atoms with Crippen LogP contribution < -0.4 is 10.1 Å². The van der Waals surface area contributed by atoms with Crippen LogP contribution in [0.4, 0.5) is 0 Å². The monoisotopic (exact) mass is 354 g/mol. The molecule has 18 heavy (non-hydrogen) atoms. The molecule has 2 aromatic rings. The Morgan fingerprint density at radius 2 is 2.17 bits per heavy atom. The molecule has 0 unspecified atom stereocenters. The van der Waals surface area contributed by atoms with E-state index in [1.165, 1.54) is 0 Å². The van der Waals surface area contributed by atoms with Crippen LogP contribution in [0.3, 0.4) is 0 Å². The number of aryl methyl sites for hydroxylation is 1. The Kier molecular flexibility index (Phi) is 4.54. The Morgan fingerprint density at radius 1 is 1.33 bits per heavy atom. The van der Waals surface area contributed by atoms with Gasteiger partial charge < -0.3 is 10.1 Å². The minimum absolute atomic E-state index is 0.664. The molecular formula is C14H15IN2O. The van der Waals surface area contributed by atoms with E-state index in [4.69, 9.17) is 4.74 Å². The van der Waals surface area contributed by atoms with E-state index in [-0.39, 0.29) is 0 Å². The highest BCUT2D eigenvalue weighted by Gasteiger charge is 2.04. The van der Waals surface area contributed by atoms with E-state index >= 15 is 0 Å². The topological polar surface area (TPSA) is 34.2 Å². The third-order valence-electron chi connectivity index (χ3n) is 2.48. The van der Waals surface area contributed by atoms with Crippen LogP contribution in [-0.4, -0.2) is 12.0 Å². The minimum Gasteiger partial charge on any atom is -0.439 e. The molecule has 0 fully saturated rings. The molecule has 0 aliphatic carbocycles. The highest BCUT2D eigenvalue weighted by molar-refractivity contribution is 14.1. The summed E-state index contributed by atoms with van der Waals surface area (Å²) in [4.78, 5) is 4.36. The first-order valence-electron chi connectivity index (χ1n) is 5.72. The van der Waals surface area contributed by atoms with Crippen molar-refractivity contribution in [1.29, 1.82) is 0 Å². The Morgan fingerprint density at radius 3 is 2.83 bits per heavy atom. The van der Waals surface area contributed by atoms with Gasteiger partial charge in [-0.05, 0) is 66.4 Å². The Hall–Kier alpha value is -1.14. The Bertz CT molecular complexity index is 543. The summed E-state index contributed by atoms with van der Waals surface area (Å²) in [5, 5.41) is 3.11. The molecule has 0 aliphatic rings. The van der Waals surface area contributed by atoms with Gasteiger partial charge in [0, 0.05) is 21.9 Å². The van der Waals surface area contributed by atoms with Gasteiger partial charge in [-0.25, -0.2) is 4.98 Å². The van der Waals surface area contributed by atoms with Crippen molar-refractivity contribution in [1.82, 2.24) is 10.3 Å². The van der Waals surface area contributed by atoms with Gasteiger partial charge in [0.25, 0.3) is 0 Å². The summed E-state index contributed by atoms with van der Waals surface area (Å²) in [6.45, 7) is 2.83. The summed E-state index contributed by atoms with van der Waals surface area (Å²) < 4.78 is 6.93. The van der Waals surface area contributed by atoms with Crippen LogP contribution in [0.2, 0.25) is 0 Å². The first-order valence-corrected chi connectivity index (χ1v) is 6.80. The van der Waals surface area contributed by atoms with Crippen LogP contribution in [-0.2, 0) is 6.54 Å². The zero-order valence-electron chi connectivity index (χ0n) is 10.4. The van der Waals surface area contributed by atoms with E-state index in [1.807, 2.05) is 44.4 Å². The molecule has 0 bridgehead atoms. The summed E-state index contributed by atoms with van der Waals surface area (Å²) in [6.07, 6.45) is 1.84. The minimum atomic E-state index is 0.664. The average Bonchev–Trinajstić information content (AvgIpc) is 2.33. The fourth-order valence-corrected chi connectivity index (χ4v) is 2.18. The van der Waals surface area contributed by atoms with Gasteiger partial charge in [0.2, 0.25) is 5.88 Å². The van der Waals surface area contributed by atoms with E-state index < -0.39 is 0 Å². The summed E-state index contributed by atoms with van der Waals surface area (Å²) in [5.74, 6) is 1.48. The maximum atomic E-state index is 5.79. The third-order valence-corrected chi connectivity index (χ3v) is 3.15. The average molecular weight is 354 g/mol. The van der Waals surface area contributed by atoms with Crippen molar-refractivity contribution in [2.45, 2.75) is 13.5 Å². The largest absolute Gasteiger partial charge is 0.439 e. The van der Waals surface area contributed by atoms with E-state index in [0.29, 0.717) is 5.88 Å². The van der Waals surface area contributed by atoms with E-state index in [9.17, 15) is 0 Å². The lowest BCUT2D eigenvalue weighted by Crippen LogP contribution is -2.06. The molecule has 0 atom stereocenters. The first kappa shape index (κ1) is 13.3. The quantitative estimate of drug-likeness (QED) is 0.854. The normalized spacial score (nSPS) is 10.4. The molecule has 0 saturated carbocycles. The van der Waals surface area contributed by atoms with Gasteiger partial charge in [-0.2, -0.15) is 0 Å². The summed E-state index contributed by atoms with van der Waals surface area (Å²) in [7, 11) is 1.92. The van der Waals surface area contributed by atoms with E-state index in [1.54, 1.807) is 0 Å². The fraction of sp³-hybridized carbons (Fsp3) is 0.214. The smallest absolute Gasteiger partial charge is 0.222 e. The standard InChI is InChI=1S/C14H15IN2O/c1-10-6-11(8-16-2)9-17-14(10)18-13-5-3-4-12(15)7-13/h3-7,9,16H,8H2,1-2H3. The number of nitrogens with one attached hydrogen (secondary N) is 1. The number of pyridine rings is 1. The number of halogens is 1. The van der Waals surface area contributed by atoms with E-state index in [0.717, 1.165) is 27.0 Å². The van der Waals surface area contributed by atoms with Gasteiger partial charge in [-0.15, -0.1) is 0 Å². The van der Waals surface area contributed by atoms with Gasteiger partial charge in [0.1, 0.15) is 5.75 Å². The molecular weight excluding hydrogens is 339 g/mol. The lowest BCUT2D eigenvalue weighted by Gasteiger charge is -2.09. The number of rotatable bonds is 4. The number of ether oxygens (including phenoxy) is 1. The third kappa shape index (κ3) is 3.43.